The van der Waals surface area contributed by atoms with Crippen LogP contribution in [0.25, 0.3) is 0 Å². The van der Waals surface area contributed by atoms with E-state index in [0.717, 1.165) is 0 Å². The minimum Gasteiger partial charge on any atom is -0.476 e. The summed E-state index contributed by atoms with van der Waals surface area (Å²) in [5.41, 5.74) is 6.10. The van der Waals surface area contributed by atoms with Gasteiger partial charge in [0.15, 0.2) is 5.69 Å². The minimum atomic E-state index is 0.302. The largest absolute Gasteiger partial charge is 0.476 e. The molecular formula is C11H19N3O4. The van der Waals surface area contributed by atoms with E-state index >= 15 is 0 Å². The second-order valence-corrected chi connectivity index (χ2v) is 3.28. The number of hydrogen-bond donors (Lipinski definition) is 1. The fourth-order valence-corrected chi connectivity index (χ4v) is 1.17. The first-order valence-corrected chi connectivity index (χ1v) is 5.72. The molecule has 7 nitrogen and oxygen atoms in total. The van der Waals surface area contributed by atoms with Gasteiger partial charge in [0.1, 0.15) is 12.9 Å². The lowest BCUT2D eigenvalue weighted by atomic mass is 10.5. The highest BCUT2D eigenvalue weighted by atomic mass is 16.5. The van der Waals surface area contributed by atoms with Crippen molar-refractivity contribution in [3.8, 4) is 11.8 Å². The number of nitrogen functional groups attached to an aromatic ring is 1. The first kappa shape index (κ1) is 14.5. The van der Waals surface area contributed by atoms with E-state index in [0.29, 0.717) is 50.5 Å². The first-order valence-electron chi connectivity index (χ1n) is 5.72. The lowest BCUT2D eigenvalue weighted by molar-refractivity contribution is 0.0537. The van der Waals surface area contributed by atoms with Crippen LogP contribution in [-0.2, 0) is 9.47 Å². The second-order valence-electron chi connectivity index (χ2n) is 3.28. The summed E-state index contributed by atoms with van der Waals surface area (Å²) in [5.74, 6) is 0.645. The number of hydrogen-bond acceptors (Lipinski definition) is 7. The summed E-state index contributed by atoms with van der Waals surface area (Å²) in [4.78, 5) is 7.85. The number of aromatic nitrogens is 2. The summed E-state index contributed by atoms with van der Waals surface area (Å²) in [5, 5.41) is 0. The molecule has 0 unspecified atom stereocenters. The zero-order valence-electron chi connectivity index (χ0n) is 10.7. The number of anilines is 1. The van der Waals surface area contributed by atoms with Gasteiger partial charge in [0.05, 0.1) is 26.4 Å². The van der Waals surface area contributed by atoms with Crippen LogP contribution in [0, 0.1) is 0 Å². The molecule has 18 heavy (non-hydrogen) atoms. The van der Waals surface area contributed by atoms with Crippen molar-refractivity contribution in [1.29, 1.82) is 0 Å². The molecule has 0 fully saturated rings. The Labute approximate surface area is 106 Å². The van der Waals surface area contributed by atoms with Crippen LogP contribution in [0.1, 0.15) is 6.92 Å². The summed E-state index contributed by atoms with van der Waals surface area (Å²) in [6.07, 6.45) is 1.35. The highest BCUT2D eigenvalue weighted by Crippen LogP contribution is 2.26. The Morgan fingerprint density at radius 1 is 1.06 bits per heavy atom. The van der Waals surface area contributed by atoms with Crippen LogP contribution in [0.4, 0.5) is 5.69 Å². The molecule has 0 spiro atoms. The van der Waals surface area contributed by atoms with Crippen LogP contribution >= 0.6 is 0 Å². The van der Waals surface area contributed by atoms with Crippen molar-refractivity contribution in [2.45, 2.75) is 6.92 Å². The third kappa shape index (κ3) is 4.72. The van der Waals surface area contributed by atoms with Crippen LogP contribution in [0.5, 0.6) is 11.8 Å². The van der Waals surface area contributed by atoms with Gasteiger partial charge in [-0.2, -0.15) is 9.97 Å². The van der Waals surface area contributed by atoms with E-state index in [9.17, 15) is 0 Å². The molecule has 1 heterocycles. The first-order chi connectivity index (χ1) is 8.79. The zero-order valence-corrected chi connectivity index (χ0v) is 10.7. The topological polar surface area (TPSA) is 88.7 Å². The van der Waals surface area contributed by atoms with Crippen molar-refractivity contribution in [3.05, 3.63) is 6.33 Å². The highest BCUT2D eigenvalue weighted by Gasteiger charge is 2.09. The maximum absolute atomic E-state index is 5.80. The number of rotatable bonds is 9. The van der Waals surface area contributed by atoms with Gasteiger partial charge in [-0.05, 0) is 6.92 Å². The Hall–Kier alpha value is -1.60. The second kappa shape index (κ2) is 8.48. The smallest absolute Gasteiger partial charge is 0.244 e. The molecule has 102 valence electrons. The highest BCUT2D eigenvalue weighted by molar-refractivity contribution is 5.55. The van der Waals surface area contributed by atoms with E-state index in [-0.39, 0.29) is 0 Å². The van der Waals surface area contributed by atoms with Gasteiger partial charge >= 0.3 is 0 Å². The van der Waals surface area contributed by atoms with Crippen molar-refractivity contribution >= 4 is 5.69 Å². The molecule has 0 aliphatic rings. The molecule has 7 heteroatoms. The maximum atomic E-state index is 5.80. The molecule has 0 aliphatic carbocycles. The van der Waals surface area contributed by atoms with Gasteiger partial charge in [-0.15, -0.1) is 0 Å². The molecule has 0 saturated carbocycles. The molecule has 0 saturated heterocycles. The molecule has 0 atom stereocenters. The van der Waals surface area contributed by atoms with Crippen LogP contribution in [-0.4, -0.2) is 50.1 Å². The molecule has 0 bridgehead atoms. The van der Waals surface area contributed by atoms with E-state index in [1.54, 1.807) is 7.11 Å². The number of ether oxygens (including phenoxy) is 4. The molecule has 0 aliphatic heterocycles. The standard InChI is InChI=1S/C11H19N3O4/c1-3-17-10-9(12)11(14-8-13-10)18-7-6-16-5-4-15-2/h8H,3-7,12H2,1-2H3. The molecule has 1 aromatic rings. The maximum Gasteiger partial charge on any atom is 0.244 e. The lowest BCUT2D eigenvalue weighted by Gasteiger charge is -2.10. The van der Waals surface area contributed by atoms with Gasteiger partial charge in [0.25, 0.3) is 0 Å². The third-order valence-corrected chi connectivity index (χ3v) is 1.99. The van der Waals surface area contributed by atoms with E-state index in [1.807, 2.05) is 6.92 Å². The molecule has 0 aromatic carbocycles. The predicted octanol–water partition coefficient (Wildman–Crippen LogP) is 0.499. The van der Waals surface area contributed by atoms with E-state index in [2.05, 4.69) is 9.97 Å². The molecule has 1 aromatic heterocycles. The molecule has 0 amide bonds. The van der Waals surface area contributed by atoms with Gasteiger partial charge in [-0.25, -0.2) is 0 Å². The van der Waals surface area contributed by atoms with Crippen molar-refractivity contribution in [1.82, 2.24) is 9.97 Å². The number of nitrogens with two attached hydrogens (primary N) is 1. The van der Waals surface area contributed by atoms with Crippen molar-refractivity contribution in [3.63, 3.8) is 0 Å². The minimum absolute atomic E-state index is 0.302. The van der Waals surface area contributed by atoms with Crippen LogP contribution in [0.3, 0.4) is 0 Å². The van der Waals surface area contributed by atoms with Gasteiger partial charge in [-0.1, -0.05) is 0 Å². The average molecular weight is 257 g/mol. The van der Waals surface area contributed by atoms with Gasteiger partial charge in [0, 0.05) is 7.11 Å². The summed E-state index contributed by atoms with van der Waals surface area (Å²) in [6, 6.07) is 0. The summed E-state index contributed by atoms with van der Waals surface area (Å²) < 4.78 is 20.7. The van der Waals surface area contributed by atoms with Crippen molar-refractivity contribution in [2.24, 2.45) is 0 Å². The van der Waals surface area contributed by atoms with E-state index in [1.165, 1.54) is 6.33 Å². The summed E-state index contributed by atoms with van der Waals surface area (Å²) >= 11 is 0. The van der Waals surface area contributed by atoms with Gasteiger partial charge in [0.2, 0.25) is 11.8 Å². The lowest BCUT2D eigenvalue weighted by Crippen LogP contribution is -2.12. The summed E-state index contributed by atoms with van der Waals surface area (Å²) in [6.45, 7) is 4.23. The fraction of sp³-hybridized carbons (Fsp3) is 0.636. The SMILES string of the molecule is CCOc1ncnc(OCCOCCOC)c1N. The Balaban J connectivity index is 2.35. The Morgan fingerprint density at radius 2 is 1.72 bits per heavy atom. The summed E-state index contributed by atoms with van der Waals surface area (Å²) in [7, 11) is 1.62. The van der Waals surface area contributed by atoms with Crippen molar-refractivity contribution in [2.75, 3.05) is 45.9 Å². The molecule has 2 N–H and O–H groups in total. The monoisotopic (exact) mass is 257 g/mol. The number of methoxy groups -OCH3 is 1. The predicted molar refractivity (Wildman–Crippen MR) is 65.8 cm³/mol. The molecule has 0 radical (unpaired) electrons. The Morgan fingerprint density at radius 3 is 2.39 bits per heavy atom. The van der Waals surface area contributed by atoms with Gasteiger partial charge in [-0.3, -0.25) is 0 Å². The van der Waals surface area contributed by atoms with Crippen LogP contribution in [0.2, 0.25) is 0 Å². The normalized spacial score (nSPS) is 10.3. The molecule has 1 rings (SSSR count). The van der Waals surface area contributed by atoms with Crippen LogP contribution in [0.15, 0.2) is 6.33 Å². The third-order valence-electron chi connectivity index (χ3n) is 1.99. The van der Waals surface area contributed by atoms with E-state index in [4.69, 9.17) is 24.7 Å². The Kier molecular flexibility index (Phi) is 6.82. The average Bonchev–Trinajstić information content (AvgIpc) is 2.38. The van der Waals surface area contributed by atoms with Crippen LogP contribution < -0.4 is 15.2 Å². The van der Waals surface area contributed by atoms with E-state index < -0.39 is 0 Å². The fourth-order valence-electron chi connectivity index (χ4n) is 1.17. The Bertz CT molecular complexity index is 349. The molecular weight excluding hydrogens is 238 g/mol. The number of nitrogens with zero attached hydrogens (tertiary/aromatic N) is 2. The zero-order chi connectivity index (χ0) is 13.2. The van der Waals surface area contributed by atoms with Gasteiger partial charge < -0.3 is 24.7 Å². The van der Waals surface area contributed by atoms with Crippen molar-refractivity contribution < 1.29 is 18.9 Å². The quantitative estimate of drug-likeness (QED) is 0.644.